The summed E-state index contributed by atoms with van der Waals surface area (Å²) in [6.07, 6.45) is 5.00. The molecule has 0 aliphatic heterocycles. The number of fused-ring (bicyclic) bond motifs is 1. The van der Waals surface area contributed by atoms with E-state index in [0.29, 0.717) is 32.0 Å². The number of aromatic nitrogens is 4. The first-order valence-electron chi connectivity index (χ1n) is 11.5. The molecule has 2 heterocycles. The van der Waals surface area contributed by atoms with Crippen LogP contribution in [0.25, 0.3) is 22.7 Å². The second kappa shape index (κ2) is 10.9. The normalized spacial score (nSPS) is 11.6. The van der Waals surface area contributed by atoms with Crippen LogP contribution in [0.2, 0.25) is 5.02 Å². The number of hydrogen-bond acceptors (Lipinski definition) is 6. The van der Waals surface area contributed by atoms with Crippen LogP contribution in [0.15, 0.2) is 89.2 Å². The molecular weight excluding hydrogens is 524 g/mol. The minimum Gasteiger partial charge on any atom is -0.348 e. The maximum absolute atomic E-state index is 13.4. The van der Waals surface area contributed by atoms with E-state index in [-0.39, 0.29) is 23.7 Å². The van der Waals surface area contributed by atoms with Crippen LogP contribution in [-0.2, 0) is 18.4 Å². The Morgan fingerprint density at radius 2 is 1.97 bits per heavy atom. The van der Waals surface area contributed by atoms with Gasteiger partial charge < -0.3 is 14.9 Å². The van der Waals surface area contributed by atoms with Gasteiger partial charge in [0.05, 0.1) is 26.4 Å². The van der Waals surface area contributed by atoms with Crippen LogP contribution in [-0.4, -0.2) is 30.3 Å². The van der Waals surface area contributed by atoms with E-state index in [9.17, 15) is 14.9 Å². The van der Waals surface area contributed by atoms with Crippen LogP contribution in [0.4, 0.5) is 5.69 Å². The molecule has 0 aliphatic carbocycles. The lowest BCUT2D eigenvalue weighted by Crippen LogP contribution is -2.24. The number of para-hydroxylation sites is 2. The Labute approximate surface area is 226 Å². The standard InChI is InChI=1S/C27H21ClN6O3S/c1-33-13-12-29-27(33)38-24-11-8-18(15-23(24)34(36)37)14-20(25-31-21-4-2-3-5-22(21)32-25)26(35)30-16-17-6-9-19(28)10-7-17/h2-15H,16H2,1H3,(H,30,35)(H,31,32)/b20-14+. The molecule has 0 saturated carbocycles. The molecule has 5 rings (SSSR count). The maximum atomic E-state index is 13.4. The summed E-state index contributed by atoms with van der Waals surface area (Å²) in [5, 5.41) is 16.1. The Balaban J connectivity index is 1.51. The summed E-state index contributed by atoms with van der Waals surface area (Å²) in [5.74, 6) is -0.0259. The molecule has 0 fully saturated rings. The lowest BCUT2D eigenvalue weighted by atomic mass is 10.1. The van der Waals surface area contributed by atoms with Crippen molar-refractivity contribution in [1.82, 2.24) is 24.8 Å². The van der Waals surface area contributed by atoms with E-state index in [1.165, 1.54) is 17.8 Å². The highest BCUT2D eigenvalue weighted by atomic mass is 35.5. The van der Waals surface area contributed by atoms with E-state index >= 15 is 0 Å². The van der Waals surface area contributed by atoms with E-state index < -0.39 is 4.92 Å². The molecule has 1 amide bonds. The van der Waals surface area contributed by atoms with Gasteiger partial charge in [-0.05, 0) is 59.3 Å². The number of imidazole rings is 2. The number of amides is 1. The van der Waals surface area contributed by atoms with Crippen LogP contribution in [0.3, 0.4) is 0 Å². The molecule has 0 saturated heterocycles. The quantitative estimate of drug-likeness (QED) is 0.143. The van der Waals surface area contributed by atoms with Gasteiger partial charge in [0, 0.05) is 37.1 Å². The second-order valence-corrected chi connectivity index (χ2v) is 9.82. The smallest absolute Gasteiger partial charge is 0.283 e. The number of halogens is 1. The fraction of sp³-hybridized carbons (Fsp3) is 0.0741. The van der Waals surface area contributed by atoms with E-state index in [0.717, 1.165) is 11.1 Å². The number of rotatable bonds is 8. The highest BCUT2D eigenvalue weighted by Gasteiger charge is 2.20. The van der Waals surface area contributed by atoms with Crippen molar-refractivity contribution < 1.29 is 9.72 Å². The lowest BCUT2D eigenvalue weighted by molar-refractivity contribution is -0.387. The third kappa shape index (κ3) is 5.61. The number of aromatic amines is 1. The van der Waals surface area contributed by atoms with Gasteiger partial charge in [-0.3, -0.25) is 14.9 Å². The second-order valence-electron chi connectivity index (χ2n) is 8.38. The SMILES string of the molecule is Cn1ccnc1Sc1ccc(/C=C(/C(=O)NCc2ccc(Cl)cc2)c2nc3ccccc3[nH]2)cc1[N+](=O)[O-]. The Morgan fingerprint density at radius 1 is 1.18 bits per heavy atom. The average molecular weight is 545 g/mol. The van der Waals surface area contributed by atoms with Gasteiger partial charge >= 0.3 is 0 Å². The van der Waals surface area contributed by atoms with Crippen molar-refractivity contribution in [3.8, 4) is 0 Å². The van der Waals surface area contributed by atoms with Crippen molar-refractivity contribution in [2.24, 2.45) is 7.05 Å². The average Bonchev–Trinajstić information content (AvgIpc) is 3.53. The fourth-order valence-electron chi connectivity index (χ4n) is 3.77. The molecule has 11 heteroatoms. The topological polar surface area (TPSA) is 119 Å². The zero-order valence-electron chi connectivity index (χ0n) is 20.1. The predicted molar refractivity (Wildman–Crippen MR) is 148 cm³/mol. The number of nitro benzene ring substituents is 1. The van der Waals surface area contributed by atoms with Gasteiger partial charge in [-0.2, -0.15) is 0 Å². The molecule has 190 valence electrons. The summed E-state index contributed by atoms with van der Waals surface area (Å²) < 4.78 is 1.78. The van der Waals surface area contributed by atoms with Gasteiger partial charge in [0.2, 0.25) is 0 Å². The number of nitrogens with zero attached hydrogens (tertiary/aromatic N) is 4. The molecule has 38 heavy (non-hydrogen) atoms. The fourth-order valence-corrected chi connectivity index (χ4v) is 4.79. The number of H-pyrrole nitrogens is 1. The highest BCUT2D eigenvalue weighted by molar-refractivity contribution is 7.99. The minimum absolute atomic E-state index is 0.0859. The number of nitrogens with one attached hydrogen (secondary N) is 2. The van der Waals surface area contributed by atoms with Crippen molar-refractivity contribution in [1.29, 1.82) is 0 Å². The van der Waals surface area contributed by atoms with Crippen molar-refractivity contribution in [2.45, 2.75) is 16.6 Å². The monoisotopic (exact) mass is 544 g/mol. The molecule has 5 aromatic rings. The number of aryl methyl sites for hydroxylation is 1. The van der Waals surface area contributed by atoms with Gasteiger partial charge in [0.1, 0.15) is 5.82 Å². The first-order valence-corrected chi connectivity index (χ1v) is 12.7. The molecule has 2 N–H and O–H groups in total. The molecule has 0 radical (unpaired) electrons. The van der Waals surface area contributed by atoms with Gasteiger partial charge in [-0.15, -0.1) is 0 Å². The summed E-state index contributed by atoms with van der Waals surface area (Å²) in [4.78, 5) is 37.3. The largest absolute Gasteiger partial charge is 0.348 e. The highest BCUT2D eigenvalue weighted by Crippen LogP contribution is 2.35. The number of carbonyl (C=O) groups is 1. The third-order valence-corrected chi connectivity index (χ3v) is 7.12. The van der Waals surface area contributed by atoms with E-state index in [1.54, 1.807) is 47.3 Å². The molecule has 0 spiro atoms. The molecule has 9 nitrogen and oxygen atoms in total. The van der Waals surface area contributed by atoms with Crippen molar-refractivity contribution >= 4 is 57.6 Å². The number of hydrogen-bond donors (Lipinski definition) is 2. The van der Waals surface area contributed by atoms with Crippen LogP contribution in [0.5, 0.6) is 0 Å². The molecule has 0 aliphatic rings. The Hall–Kier alpha value is -4.41. The van der Waals surface area contributed by atoms with E-state index in [2.05, 4.69) is 20.3 Å². The van der Waals surface area contributed by atoms with Crippen LogP contribution < -0.4 is 5.32 Å². The third-order valence-electron chi connectivity index (χ3n) is 5.72. The summed E-state index contributed by atoms with van der Waals surface area (Å²) in [6, 6.07) is 19.4. The Kier molecular flexibility index (Phi) is 7.25. The first-order chi connectivity index (χ1) is 18.4. The summed E-state index contributed by atoms with van der Waals surface area (Å²) in [5.41, 5.74) is 2.99. The molecule has 0 bridgehead atoms. The van der Waals surface area contributed by atoms with E-state index in [1.807, 2.05) is 43.4 Å². The minimum atomic E-state index is -0.440. The number of nitro groups is 1. The molecule has 2 aromatic heterocycles. The molecule has 0 unspecified atom stereocenters. The van der Waals surface area contributed by atoms with Crippen LogP contribution in [0.1, 0.15) is 17.0 Å². The molecule has 3 aromatic carbocycles. The Bertz CT molecular complexity index is 1640. The molecule has 0 atom stereocenters. The number of carbonyl (C=O) groups excluding carboxylic acids is 1. The summed E-state index contributed by atoms with van der Waals surface area (Å²) in [6.45, 7) is 0.271. The van der Waals surface area contributed by atoms with Gasteiger partial charge in [-0.1, -0.05) is 41.9 Å². The van der Waals surface area contributed by atoms with Gasteiger partial charge in [0.15, 0.2) is 5.16 Å². The van der Waals surface area contributed by atoms with Crippen molar-refractivity contribution in [2.75, 3.05) is 0 Å². The zero-order chi connectivity index (χ0) is 26.6. The van der Waals surface area contributed by atoms with Crippen molar-refractivity contribution in [3.63, 3.8) is 0 Å². The molecular formula is C27H21ClN6O3S. The Morgan fingerprint density at radius 3 is 2.68 bits per heavy atom. The summed E-state index contributed by atoms with van der Waals surface area (Å²) >= 11 is 7.16. The van der Waals surface area contributed by atoms with E-state index in [4.69, 9.17) is 11.6 Å². The summed E-state index contributed by atoms with van der Waals surface area (Å²) in [7, 11) is 1.82. The van der Waals surface area contributed by atoms with Gasteiger partial charge in [-0.25, -0.2) is 9.97 Å². The lowest BCUT2D eigenvalue weighted by Gasteiger charge is -2.09. The van der Waals surface area contributed by atoms with Crippen molar-refractivity contribution in [3.05, 3.63) is 111 Å². The first kappa shape index (κ1) is 25.2. The van der Waals surface area contributed by atoms with Crippen LogP contribution in [0, 0.1) is 10.1 Å². The zero-order valence-corrected chi connectivity index (χ0v) is 21.7. The van der Waals surface area contributed by atoms with Crippen LogP contribution >= 0.6 is 23.4 Å². The predicted octanol–water partition coefficient (Wildman–Crippen LogP) is 5.87. The van der Waals surface area contributed by atoms with Gasteiger partial charge in [0.25, 0.3) is 11.6 Å². The maximum Gasteiger partial charge on any atom is 0.283 e. The number of benzene rings is 3.